The van der Waals surface area contributed by atoms with Crippen LogP contribution in [0.4, 0.5) is 30.2 Å². The Bertz CT molecular complexity index is 996. The molecule has 1 aliphatic heterocycles. The Hall–Kier alpha value is -3.63. The molecule has 0 fully saturated rings. The van der Waals surface area contributed by atoms with Crippen LogP contribution in [0.25, 0.3) is 0 Å². The molecule has 2 amide bonds. The van der Waals surface area contributed by atoms with E-state index in [1.54, 1.807) is 0 Å². The molecular weight excluding hydrogens is 371 g/mol. The topological polar surface area (TPSA) is 102 Å². The van der Waals surface area contributed by atoms with E-state index in [9.17, 15) is 32.9 Å². The summed E-state index contributed by atoms with van der Waals surface area (Å²) in [6, 6.07) is 4.67. The number of likely N-dealkylation sites (N-methyl/N-ethyl adjacent to an activating group) is 1. The van der Waals surface area contributed by atoms with Crippen molar-refractivity contribution in [2.45, 2.75) is 0 Å². The molecule has 1 N–H and O–H groups in total. The number of nitro groups is 1. The normalized spacial score (nSPS) is 13.0. The molecule has 8 nitrogen and oxygen atoms in total. The molecule has 3 rings (SSSR count). The Balaban J connectivity index is 2.01. The number of hydrogen-bond donors (Lipinski definition) is 1. The van der Waals surface area contributed by atoms with Crippen molar-refractivity contribution in [1.82, 2.24) is 0 Å². The van der Waals surface area contributed by atoms with Crippen molar-refractivity contribution < 1.29 is 32.4 Å². The van der Waals surface area contributed by atoms with Gasteiger partial charge in [-0.05, 0) is 12.1 Å². The van der Waals surface area contributed by atoms with Crippen LogP contribution in [-0.4, -0.2) is 30.4 Å². The number of amides is 2. The van der Waals surface area contributed by atoms with E-state index in [1.165, 1.54) is 30.1 Å². The summed E-state index contributed by atoms with van der Waals surface area (Å²) in [6.07, 6.45) is 0. The van der Waals surface area contributed by atoms with Gasteiger partial charge in [0.05, 0.1) is 21.9 Å². The second-order valence-corrected chi connectivity index (χ2v) is 5.49. The van der Waals surface area contributed by atoms with Gasteiger partial charge in [0, 0.05) is 13.1 Å². The summed E-state index contributed by atoms with van der Waals surface area (Å²) in [7, 11) is 1.48. The number of carbonyl (C=O) groups excluding carboxylic acids is 2. The van der Waals surface area contributed by atoms with Crippen molar-refractivity contribution in [3.8, 4) is 5.75 Å². The third kappa shape index (κ3) is 3.03. The number of nitrogens with one attached hydrogen (secondary N) is 1. The lowest BCUT2D eigenvalue weighted by atomic mass is 10.1. The lowest BCUT2D eigenvalue weighted by molar-refractivity contribution is -0.387. The number of ether oxygens (including phenoxy) is 1. The number of benzene rings is 2. The average Bonchev–Trinajstić information content (AvgIpc) is 2.63. The van der Waals surface area contributed by atoms with Crippen LogP contribution in [0.5, 0.6) is 5.75 Å². The molecule has 0 atom stereocenters. The van der Waals surface area contributed by atoms with Gasteiger partial charge < -0.3 is 15.0 Å². The van der Waals surface area contributed by atoms with Crippen LogP contribution in [0.1, 0.15) is 10.4 Å². The smallest absolute Gasteiger partial charge is 0.308 e. The van der Waals surface area contributed by atoms with Gasteiger partial charge in [-0.25, -0.2) is 8.78 Å². The first-order valence-corrected chi connectivity index (χ1v) is 7.38. The molecule has 0 saturated carbocycles. The molecule has 1 heterocycles. The number of rotatable bonds is 3. The Morgan fingerprint density at radius 3 is 2.63 bits per heavy atom. The van der Waals surface area contributed by atoms with E-state index in [1.807, 2.05) is 0 Å². The SMILES string of the molecule is CN1C(=O)COc2c(NC(=O)c3cc([N+](=O)[O-])c(F)c(F)c3F)cccc21. The molecular formula is C16H10F3N3O5. The standard InChI is InChI=1S/C16H10F3N3O5/c1-21-9-4-2-3-8(15(9)27-6-11(21)23)20-16(24)7-5-10(22(25)26)13(18)14(19)12(7)17/h2-5H,6H2,1H3,(H,20,24). The van der Waals surface area contributed by atoms with Gasteiger partial charge in [-0.1, -0.05) is 6.07 Å². The quantitative estimate of drug-likeness (QED) is 0.500. The minimum atomic E-state index is -2.13. The highest BCUT2D eigenvalue weighted by molar-refractivity contribution is 6.07. The second-order valence-electron chi connectivity index (χ2n) is 5.49. The molecule has 27 heavy (non-hydrogen) atoms. The summed E-state index contributed by atoms with van der Waals surface area (Å²) in [5.41, 5.74) is -2.10. The first kappa shape index (κ1) is 18.2. The molecule has 2 aromatic rings. The molecule has 0 aromatic heterocycles. The van der Waals surface area contributed by atoms with E-state index in [4.69, 9.17) is 4.74 Å². The largest absolute Gasteiger partial charge is 0.479 e. The highest BCUT2D eigenvalue weighted by Crippen LogP contribution is 2.38. The van der Waals surface area contributed by atoms with Crippen molar-refractivity contribution in [2.75, 3.05) is 23.9 Å². The van der Waals surface area contributed by atoms with Gasteiger partial charge in [0.2, 0.25) is 11.6 Å². The summed E-state index contributed by atoms with van der Waals surface area (Å²) in [5, 5.41) is 13.0. The van der Waals surface area contributed by atoms with Crippen LogP contribution in [0.15, 0.2) is 24.3 Å². The van der Waals surface area contributed by atoms with Crippen molar-refractivity contribution in [3.63, 3.8) is 0 Å². The van der Waals surface area contributed by atoms with Gasteiger partial charge in [-0.3, -0.25) is 19.7 Å². The lowest BCUT2D eigenvalue weighted by Crippen LogP contribution is -2.35. The van der Waals surface area contributed by atoms with E-state index in [0.717, 1.165) is 0 Å². The summed E-state index contributed by atoms with van der Waals surface area (Å²) >= 11 is 0. The monoisotopic (exact) mass is 381 g/mol. The number of carbonyl (C=O) groups is 2. The van der Waals surface area contributed by atoms with Gasteiger partial charge in [-0.2, -0.15) is 4.39 Å². The highest BCUT2D eigenvalue weighted by atomic mass is 19.2. The summed E-state index contributed by atoms with van der Waals surface area (Å²) in [5.74, 6) is -7.50. The molecule has 0 unspecified atom stereocenters. The maximum atomic E-state index is 13.9. The van der Waals surface area contributed by atoms with Crippen molar-refractivity contribution in [1.29, 1.82) is 0 Å². The van der Waals surface area contributed by atoms with E-state index >= 15 is 0 Å². The summed E-state index contributed by atoms with van der Waals surface area (Å²) < 4.78 is 46.2. The molecule has 2 aromatic carbocycles. The molecule has 11 heteroatoms. The predicted molar refractivity (Wildman–Crippen MR) is 86.3 cm³/mol. The van der Waals surface area contributed by atoms with Crippen molar-refractivity contribution in [3.05, 3.63) is 57.4 Å². The van der Waals surface area contributed by atoms with Gasteiger partial charge >= 0.3 is 5.69 Å². The molecule has 0 spiro atoms. The third-order valence-electron chi connectivity index (χ3n) is 3.89. The molecule has 0 radical (unpaired) electrons. The van der Waals surface area contributed by atoms with Gasteiger partial charge in [0.1, 0.15) is 0 Å². The van der Waals surface area contributed by atoms with Crippen molar-refractivity contribution >= 4 is 28.9 Å². The zero-order valence-electron chi connectivity index (χ0n) is 13.6. The fraction of sp³-hybridized carbons (Fsp3) is 0.125. The van der Waals surface area contributed by atoms with Gasteiger partial charge in [0.25, 0.3) is 11.8 Å². The Morgan fingerprint density at radius 2 is 1.96 bits per heavy atom. The van der Waals surface area contributed by atoms with Crippen LogP contribution in [0.3, 0.4) is 0 Å². The Morgan fingerprint density at radius 1 is 1.26 bits per heavy atom. The van der Waals surface area contributed by atoms with E-state index in [2.05, 4.69) is 5.32 Å². The zero-order chi connectivity index (χ0) is 19.9. The van der Waals surface area contributed by atoms with Gasteiger partial charge in [0.15, 0.2) is 18.2 Å². The highest BCUT2D eigenvalue weighted by Gasteiger charge is 2.30. The van der Waals surface area contributed by atoms with Crippen molar-refractivity contribution in [2.24, 2.45) is 0 Å². The van der Waals surface area contributed by atoms with E-state index in [-0.39, 0.29) is 24.0 Å². The average molecular weight is 381 g/mol. The van der Waals surface area contributed by atoms with Crippen LogP contribution in [-0.2, 0) is 4.79 Å². The second kappa shape index (κ2) is 6.59. The van der Waals surface area contributed by atoms with E-state index in [0.29, 0.717) is 11.8 Å². The summed E-state index contributed by atoms with van der Waals surface area (Å²) in [6.45, 7) is -0.304. The fourth-order valence-corrected chi connectivity index (χ4v) is 2.48. The number of para-hydroxylation sites is 1. The first-order valence-electron chi connectivity index (χ1n) is 7.38. The minimum absolute atomic E-state index is 0.0173. The predicted octanol–water partition coefficient (Wildman–Crippen LogP) is 2.62. The van der Waals surface area contributed by atoms with Crippen LogP contribution >= 0.6 is 0 Å². The third-order valence-corrected chi connectivity index (χ3v) is 3.89. The number of anilines is 2. The number of nitro benzene ring substituents is 1. The number of fused-ring (bicyclic) bond motifs is 1. The van der Waals surface area contributed by atoms with Crippen LogP contribution < -0.4 is 15.0 Å². The number of hydrogen-bond acceptors (Lipinski definition) is 5. The Labute approximate surface area is 149 Å². The molecule has 0 aliphatic carbocycles. The molecule has 1 aliphatic rings. The van der Waals surface area contributed by atoms with Crippen LogP contribution in [0.2, 0.25) is 0 Å². The first-order chi connectivity index (χ1) is 12.7. The van der Waals surface area contributed by atoms with Crippen LogP contribution in [0, 0.1) is 27.6 Å². The van der Waals surface area contributed by atoms with Gasteiger partial charge in [-0.15, -0.1) is 0 Å². The minimum Gasteiger partial charge on any atom is -0.479 e. The lowest BCUT2D eigenvalue weighted by Gasteiger charge is -2.27. The maximum absolute atomic E-state index is 13.9. The zero-order valence-corrected chi connectivity index (χ0v) is 13.6. The maximum Gasteiger partial charge on any atom is 0.308 e. The van der Waals surface area contributed by atoms with E-state index < -0.39 is 39.5 Å². The number of nitrogens with zero attached hydrogens (tertiary/aromatic N) is 2. The molecule has 140 valence electrons. The number of halogens is 3. The Kier molecular flexibility index (Phi) is 4.44. The summed E-state index contributed by atoms with van der Waals surface area (Å²) in [4.78, 5) is 34.7. The molecule has 0 saturated heterocycles. The molecule has 0 bridgehead atoms. The fourth-order valence-electron chi connectivity index (χ4n) is 2.48.